The smallest absolute Gasteiger partial charge is 0.143 e. The second-order valence-electron chi connectivity index (χ2n) is 4.38. The van der Waals surface area contributed by atoms with Crippen LogP contribution in [0.15, 0.2) is 45.7 Å². The van der Waals surface area contributed by atoms with Gasteiger partial charge in [-0.05, 0) is 62.5 Å². The molecule has 0 aromatic carbocycles. The van der Waals surface area contributed by atoms with Crippen molar-refractivity contribution in [1.82, 2.24) is 9.97 Å². The first kappa shape index (κ1) is 15.4. The average Bonchev–Trinajstić information content (AvgIpc) is 2.45. The molecule has 0 aliphatic carbocycles. The fourth-order valence-corrected chi connectivity index (χ4v) is 3.13. The van der Waals surface area contributed by atoms with Crippen molar-refractivity contribution in [2.24, 2.45) is 5.73 Å². The first-order valence-corrected chi connectivity index (χ1v) is 7.94. The van der Waals surface area contributed by atoms with Gasteiger partial charge in [-0.25, -0.2) is 4.98 Å². The van der Waals surface area contributed by atoms with E-state index >= 15 is 0 Å². The third kappa shape index (κ3) is 4.26. The van der Waals surface area contributed by atoms with Gasteiger partial charge in [0.1, 0.15) is 5.82 Å². The van der Waals surface area contributed by atoms with E-state index in [1.54, 1.807) is 12.4 Å². The van der Waals surface area contributed by atoms with Crippen molar-refractivity contribution in [3.05, 3.63) is 51.3 Å². The molecule has 0 amide bonds. The minimum absolute atomic E-state index is 0.664. The van der Waals surface area contributed by atoms with Crippen molar-refractivity contribution in [1.29, 1.82) is 0 Å². The Labute approximate surface area is 135 Å². The Balaban J connectivity index is 2.22. The molecular formula is C14H16Br2N4. The van der Waals surface area contributed by atoms with Crippen LogP contribution in [-0.2, 0) is 6.54 Å². The van der Waals surface area contributed by atoms with Gasteiger partial charge in [0.15, 0.2) is 0 Å². The maximum atomic E-state index is 5.63. The normalized spacial score (nSPS) is 10.6. The van der Waals surface area contributed by atoms with Crippen molar-refractivity contribution in [3.63, 3.8) is 0 Å². The van der Waals surface area contributed by atoms with Gasteiger partial charge in [-0.1, -0.05) is 6.07 Å². The summed E-state index contributed by atoms with van der Waals surface area (Å²) in [5, 5.41) is 0. The Bertz CT molecular complexity index is 548. The van der Waals surface area contributed by atoms with E-state index in [2.05, 4.69) is 52.8 Å². The van der Waals surface area contributed by atoms with Crippen LogP contribution in [0.3, 0.4) is 0 Å². The zero-order valence-corrected chi connectivity index (χ0v) is 14.1. The van der Waals surface area contributed by atoms with Crippen LogP contribution in [0.1, 0.15) is 12.0 Å². The van der Waals surface area contributed by atoms with Crippen LogP contribution in [-0.4, -0.2) is 23.1 Å². The Kier molecular flexibility index (Phi) is 5.94. The molecule has 0 saturated heterocycles. The summed E-state index contributed by atoms with van der Waals surface area (Å²) in [7, 11) is 0. The zero-order chi connectivity index (χ0) is 14.4. The summed E-state index contributed by atoms with van der Waals surface area (Å²) in [6, 6.07) is 6.01. The van der Waals surface area contributed by atoms with Crippen LogP contribution in [0.4, 0.5) is 5.82 Å². The molecule has 0 aliphatic rings. The number of nitrogens with two attached hydrogens (primary N) is 1. The summed E-state index contributed by atoms with van der Waals surface area (Å²) < 4.78 is 1.92. The Hall–Kier alpha value is -0.980. The number of hydrogen-bond acceptors (Lipinski definition) is 4. The van der Waals surface area contributed by atoms with E-state index < -0.39 is 0 Å². The topological polar surface area (TPSA) is 55.0 Å². The lowest BCUT2D eigenvalue weighted by atomic mass is 10.2. The minimum Gasteiger partial charge on any atom is -0.351 e. The van der Waals surface area contributed by atoms with Crippen LogP contribution in [0.5, 0.6) is 0 Å². The molecule has 106 valence electrons. The van der Waals surface area contributed by atoms with E-state index in [4.69, 9.17) is 5.73 Å². The van der Waals surface area contributed by atoms with Gasteiger partial charge in [0.2, 0.25) is 0 Å². The van der Waals surface area contributed by atoms with E-state index in [1.165, 1.54) is 0 Å². The van der Waals surface area contributed by atoms with Crippen LogP contribution in [0.2, 0.25) is 0 Å². The lowest BCUT2D eigenvalue weighted by molar-refractivity contribution is 0.723. The summed E-state index contributed by atoms with van der Waals surface area (Å²) >= 11 is 7.00. The quantitative estimate of drug-likeness (QED) is 0.809. The molecule has 2 aromatic rings. The molecule has 2 heterocycles. The van der Waals surface area contributed by atoms with Gasteiger partial charge < -0.3 is 10.6 Å². The predicted molar refractivity (Wildman–Crippen MR) is 88.6 cm³/mol. The van der Waals surface area contributed by atoms with Gasteiger partial charge in [0.05, 0.1) is 4.47 Å². The van der Waals surface area contributed by atoms with E-state index in [-0.39, 0.29) is 0 Å². The Morgan fingerprint density at radius 3 is 2.75 bits per heavy atom. The van der Waals surface area contributed by atoms with Gasteiger partial charge in [0, 0.05) is 36.2 Å². The van der Waals surface area contributed by atoms with Gasteiger partial charge in [-0.3, -0.25) is 4.98 Å². The van der Waals surface area contributed by atoms with Crippen LogP contribution < -0.4 is 10.6 Å². The molecule has 0 saturated carbocycles. The lowest BCUT2D eigenvalue weighted by Crippen LogP contribution is -2.27. The summed E-state index contributed by atoms with van der Waals surface area (Å²) in [4.78, 5) is 10.9. The highest BCUT2D eigenvalue weighted by Crippen LogP contribution is 2.27. The molecule has 20 heavy (non-hydrogen) atoms. The molecule has 2 N–H and O–H groups in total. The summed E-state index contributed by atoms with van der Waals surface area (Å²) in [5.41, 5.74) is 6.79. The van der Waals surface area contributed by atoms with Crippen LogP contribution in [0.25, 0.3) is 0 Å². The second kappa shape index (κ2) is 7.71. The molecule has 0 spiro atoms. The molecule has 0 radical (unpaired) electrons. The standard InChI is InChI=1S/C14H16Br2N4/c15-12-7-13(16)14(19-9-12)20(6-2-4-17)10-11-3-1-5-18-8-11/h1,3,5,7-9H,2,4,6,10,17H2. The number of aromatic nitrogens is 2. The van der Waals surface area contributed by atoms with E-state index in [0.717, 1.165) is 39.8 Å². The third-order valence-electron chi connectivity index (χ3n) is 2.82. The number of halogens is 2. The summed E-state index contributed by atoms with van der Waals surface area (Å²) in [5.74, 6) is 0.922. The highest BCUT2D eigenvalue weighted by Gasteiger charge is 2.12. The van der Waals surface area contributed by atoms with Crippen molar-refractivity contribution < 1.29 is 0 Å². The largest absolute Gasteiger partial charge is 0.351 e. The maximum absolute atomic E-state index is 5.63. The molecule has 2 aromatic heterocycles. The summed E-state index contributed by atoms with van der Waals surface area (Å²) in [6.45, 7) is 2.29. The molecule has 0 bridgehead atoms. The van der Waals surface area contributed by atoms with Gasteiger partial charge in [0.25, 0.3) is 0 Å². The number of nitrogens with zero attached hydrogens (tertiary/aromatic N) is 3. The van der Waals surface area contributed by atoms with E-state index in [9.17, 15) is 0 Å². The van der Waals surface area contributed by atoms with Crippen molar-refractivity contribution in [2.45, 2.75) is 13.0 Å². The lowest BCUT2D eigenvalue weighted by Gasteiger charge is -2.24. The van der Waals surface area contributed by atoms with Gasteiger partial charge in [-0.15, -0.1) is 0 Å². The first-order chi connectivity index (χ1) is 9.70. The molecule has 6 heteroatoms. The molecule has 4 nitrogen and oxygen atoms in total. The third-order valence-corrected chi connectivity index (χ3v) is 3.83. The minimum atomic E-state index is 0.664. The first-order valence-electron chi connectivity index (χ1n) is 6.35. The van der Waals surface area contributed by atoms with Crippen molar-refractivity contribution in [3.8, 4) is 0 Å². The van der Waals surface area contributed by atoms with Crippen LogP contribution in [0, 0.1) is 0 Å². The highest BCUT2D eigenvalue weighted by atomic mass is 79.9. The molecule has 0 unspecified atom stereocenters. The average molecular weight is 400 g/mol. The molecular weight excluding hydrogens is 384 g/mol. The Morgan fingerprint density at radius 2 is 2.10 bits per heavy atom. The highest BCUT2D eigenvalue weighted by molar-refractivity contribution is 9.11. The maximum Gasteiger partial charge on any atom is 0.143 e. The summed E-state index contributed by atoms with van der Waals surface area (Å²) in [6.07, 6.45) is 6.38. The van der Waals surface area contributed by atoms with Gasteiger partial charge >= 0.3 is 0 Å². The molecule has 0 aliphatic heterocycles. The van der Waals surface area contributed by atoms with Crippen molar-refractivity contribution >= 4 is 37.7 Å². The van der Waals surface area contributed by atoms with Crippen LogP contribution >= 0.6 is 31.9 Å². The molecule has 0 fully saturated rings. The predicted octanol–water partition coefficient (Wildman–Crippen LogP) is 3.36. The second-order valence-corrected chi connectivity index (χ2v) is 6.15. The fraction of sp³-hybridized carbons (Fsp3) is 0.286. The Morgan fingerprint density at radius 1 is 1.25 bits per heavy atom. The number of pyridine rings is 2. The molecule has 0 atom stereocenters. The van der Waals surface area contributed by atoms with E-state index in [0.29, 0.717) is 6.54 Å². The molecule has 2 rings (SSSR count). The SMILES string of the molecule is NCCCN(Cc1cccnc1)c1ncc(Br)cc1Br. The van der Waals surface area contributed by atoms with Gasteiger partial charge in [-0.2, -0.15) is 0 Å². The number of rotatable bonds is 6. The fourth-order valence-electron chi connectivity index (χ4n) is 1.89. The van der Waals surface area contributed by atoms with Crippen molar-refractivity contribution in [2.75, 3.05) is 18.0 Å². The monoisotopic (exact) mass is 398 g/mol. The number of anilines is 1. The number of hydrogen-bond donors (Lipinski definition) is 1. The van der Waals surface area contributed by atoms with E-state index in [1.807, 2.05) is 18.3 Å². The zero-order valence-electron chi connectivity index (χ0n) is 11.0.